The summed E-state index contributed by atoms with van der Waals surface area (Å²) >= 11 is 0. The highest BCUT2D eigenvalue weighted by molar-refractivity contribution is 7.91. The number of rotatable bonds is 8. The fourth-order valence-corrected chi connectivity index (χ4v) is 4.20. The molecule has 0 aliphatic carbocycles. The summed E-state index contributed by atoms with van der Waals surface area (Å²) in [5, 5.41) is 2.53. The Hall–Kier alpha value is -3.79. The lowest BCUT2D eigenvalue weighted by Gasteiger charge is -2.12. The van der Waals surface area contributed by atoms with Gasteiger partial charge >= 0.3 is 0 Å². The summed E-state index contributed by atoms with van der Waals surface area (Å²) in [7, 11) is -3.83. The standard InChI is InChI=1S/C21H21N5O4S/c1-4-17(22-13-27)19-15(3)23-21(24-19)26-14(2)10-11-18(20(26)28)25-31(29,30)12-16-8-6-5-7-9-16/h4-11,13,17,25H,1,3,12H2,2H3,(H,22,27). The number of nitrogens with zero attached hydrogens (tertiary/aromatic N) is 3. The molecular formula is C21H21N5O4S. The molecule has 1 aliphatic rings. The van der Waals surface area contributed by atoms with Gasteiger partial charge < -0.3 is 5.32 Å². The fourth-order valence-electron chi connectivity index (χ4n) is 3.01. The molecule has 2 aromatic rings. The van der Waals surface area contributed by atoms with E-state index in [1.807, 2.05) is 0 Å². The molecule has 1 amide bonds. The lowest BCUT2D eigenvalue weighted by molar-refractivity contribution is -0.109. The fraction of sp³-hybridized carbons (Fsp3) is 0.143. The van der Waals surface area contributed by atoms with Crippen molar-refractivity contribution in [3.8, 4) is 0 Å². The maximum Gasteiger partial charge on any atom is 0.282 e. The molecule has 9 nitrogen and oxygen atoms in total. The van der Waals surface area contributed by atoms with Crippen LogP contribution in [0.2, 0.25) is 0 Å². The Kier molecular flexibility index (Phi) is 6.30. The summed E-state index contributed by atoms with van der Waals surface area (Å²) in [6.07, 6.45) is 1.96. The zero-order chi connectivity index (χ0) is 22.6. The van der Waals surface area contributed by atoms with Gasteiger partial charge in [-0.25, -0.2) is 23.0 Å². The van der Waals surface area contributed by atoms with E-state index in [1.165, 1.54) is 16.7 Å². The minimum Gasteiger partial charge on any atom is -0.347 e. The number of sulfonamides is 1. The lowest BCUT2D eigenvalue weighted by Crippen LogP contribution is -2.34. The van der Waals surface area contributed by atoms with E-state index in [4.69, 9.17) is 0 Å². The molecule has 0 spiro atoms. The number of carbonyl (C=O) groups excluding carboxylic acids is 1. The molecule has 3 rings (SSSR count). The van der Waals surface area contributed by atoms with Crippen molar-refractivity contribution in [3.05, 3.63) is 89.0 Å². The normalized spacial score (nSPS) is 14.4. The maximum absolute atomic E-state index is 13.0. The smallest absolute Gasteiger partial charge is 0.282 e. The van der Waals surface area contributed by atoms with Gasteiger partial charge in [-0.3, -0.25) is 14.3 Å². The molecule has 31 heavy (non-hydrogen) atoms. The summed E-state index contributed by atoms with van der Waals surface area (Å²) in [6, 6.07) is 11.0. The average molecular weight is 439 g/mol. The summed E-state index contributed by atoms with van der Waals surface area (Å²) in [5.41, 5.74) is 0.905. The van der Waals surface area contributed by atoms with Crippen LogP contribution in [0.3, 0.4) is 0 Å². The summed E-state index contributed by atoms with van der Waals surface area (Å²) in [4.78, 5) is 32.4. The molecule has 1 atom stereocenters. The second-order valence-corrected chi connectivity index (χ2v) is 8.45. The van der Waals surface area contributed by atoms with E-state index in [2.05, 4.69) is 33.2 Å². The molecule has 1 aliphatic heterocycles. The first-order chi connectivity index (χ1) is 14.8. The predicted octanol–water partition coefficient (Wildman–Crippen LogP) is 1.57. The molecule has 0 saturated heterocycles. The number of carbonyl (C=O) groups is 1. The largest absolute Gasteiger partial charge is 0.347 e. The van der Waals surface area contributed by atoms with Crippen LogP contribution in [0.1, 0.15) is 11.3 Å². The summed E-state index contributed by atoms with van der Waals surface area (Å²) in [6.45, 7) is 9.11. The molecule has 160 valence electrons. The van der Waals surface area contributed by atoms with Crippen LogP contribution in [-0.2, 0) is 20.6 Å². The van der Waals surface area contributed by atoms with Crippen molar-refractivity contribution in [2.75, 3.05) is 4.72 Å². The predicted molar refractivity (Wildman–Crippen MR) is 121 cm³/mol. The number of aliphatic imine (C=N–C) groups is 2. The van der Waals surface area contributed by atoms with Gasteiger partial charge in [-0.05, 0) is 24.6 Å². The second-order valence-electron chi connectivity index (χ2n) is 6.73. The first kappa shape index (κ1) is 21.9. The van der Waals surface area contributed by atoms with Crippen molar-refractivity contribution in [2.24, 2.45) is 9.98 Å². The number of amides is 1. The summed E-state index contributed by atoms with van der Waals surface area (Å²) < 4.78 is 28.6. The Morgan fingerprint density at radius 2 is 1.87 bits per heavy atom. The highest BCUT2D eigenvalue weighted by Crippen LogP contribution is 2.16. The Morgan fingerprint density at radius 1 is 1.16 bits per heavy atom. The van der Waals surface area contributed by atoms with Crippen molar-refractivity contribution in [2.45, 2.75) is 18.7 Å². The van der Waals surface area contributed by atoms with E-state index in [0.29, 0.717) is 23.4 Å². The zero-order valence-corrected chi connectivity index (χ0v) is 17.6. The van der Waals surface area contributed by atoms with Gasteiger partial charge in [0, 0.05) is 5.69 Å². The van der Waals surface area contributed by atoms with E-state index in [1.54, 1.807) is 43.3 Å². The van der Waals surface area contributed by atoms with E-state index >= 15 is 0 Å². The van der Waals surface area contributed by atoms with Crippen molar-refractivity contribution in [3.63, 3.8) is 0 Å². The van der Waals surface area contributed by atoms with Crippen LogP contribution < -0.4 is 15.6 Å². The highest BCUT2D eigenvalue weighted by atomic mass is 32.2. The molecule has 0 saturated carbocycles. The van der Waals surface area contributed by atoms with Gasteiger partial charge in [-0.1, -0.05) is 43.0 Å². The summed E-state index contributed by atoms with van der Waals surface area (Å²) in [5.74, 6) is -0.259. The first-order valence-corrected chi connectivity index (χ1v) is 10.9. The van der Waals surface area contributed by atoms with E-state index in [9.17, 15) is 18.0 Å². The zero-order valence-electron chi connectivity index (χ0n) is 16.8. The molecule has 0 fully saturated rings. The van der Waals surface area contributed by atoms with E-state index in [-0.39, 0.29) is 23.1 Å². The number of anilines is 1. The van der Waals surface area contributed by atoms with E-state index in [0.717, 1.165) is 0 Å². The van der Waals surface area contributed by atoms with Gasteiger partial charge in [0.25, 0.3) is 5.56 Å². The Balaban J connectivity index is 1.95. The lowest BCUT2D eigenvalue weighted by atomic mass is 10.1. The third kappa shape index (κ3) is 4.86. The number of aromatic nitrogens is 1. The third-order valence-corrected chi connectivity index (χ3v) is 5.72. The number of benzene rings is 1. The first-order valence-electron chi connectivity index (χ1n) is 9.22. The Morgan fingerprint density at radius 3 is 2.52 bits per heavy atom. The number of aryl methyl sites for hydroxylation is 1. The van der Waals surface area contributed by atoms with Gasteiger partial charge in [0.2, 0.25) is 22.4 Å². The molecule has 0 radical (unpaired) electrons. The molecule has 1 aromatic carbocycles. The average Bonchev–Trinajstić information content (AvgIpc) is 3.09. The van der Waals surface area contributed by atoms with E-state index < -0.39 is 21.6 Å². The minimum atomic E-state index is -3.83. The van der Waals surface area contributed by atoms with Crippen molar-refractivity contribution in [1.29, 1.82) is 0 Å². The molecule has 2 N–H and O–H groups in total. The van der Waals surface area contributed by atoms with Crippen LogP contribution in [-0.4, -0.2) is 37.1 Å². The second kappa shape index (κ2) is 8.92. The van der Waals surface area contributed by atoms with Crippen LogP contribution in [0.5, 0.6) is 0 Å². The molecule has 1 aromatic heterocycles. The van der Waals surface area contributed by atoms with Crippen molar-refractivity contribution in [1.82, 2.24) is 9.88 Å². The van der Waals surface area contributed by atoms with Crippen LogP contribution in [0, 0.1) is 6.92 Å². The molecule has 0 bridgehead atoms. The molecule has 10 heteroatoms. The topological polar surface area (TPSA) is 122 Å². The Bertz CT molecular complexity index is 1260. The number of pyridine rings is 1. The Labute approximate surface area is 179 Å². The van der Waals surface area contributed by atoms with Gasteiger partial charge in [0.1, 0.15) is 5.69 Å². The van der Waals surface area contributed by atoms with Crippen LogP contribution >= 0.6 is 0 Å². The maximum atomic E-state index is 13.0. The van der Waals surface area contributed by atoms with Crippen molar-refractivity contribution >= 4 is 33.8 Å². The SMILES string of the molecule is C=CC(NC=O)C1=NC(n2c(C)ccc(NS(=O)(=O)Cc3ccccc3)c2=O)=NC1=C. The van der Waals surface area contributed by atoms with Gasteiger partial charge in [0.15, 0.2) is 0 Å². The van der Waals surface area contributed by atoms with Crippen molar-refractivity contribution < 1.29 is 13.2 Å². The van der Waals surface area contributed by atoms with Gasteiger partial charge in [-0.2, -0.15) is 0 Å². The third-order valence-electron chi connectivity index (χ3n) is 4.47. The number of hydrogen-bond donors (Lipinski definition) is 2. The molecule has 1 unspecified atom stereocenters. The number of nitrogens with one attached hydrogen (secondary N) is 2. The van der Waals surface area contributed by atoms with Gasteiger partial charge in [-0.15, -0.1) is 6.58 Å². The quantitative estimate of drug-likeness (QED) is 0.479. The van der Waals surface area contributed by atoms with Gasteiger partial charge in [0.05, 0.1) is 23.2 Å². The monoisotopic (exact) mass is 439 g/mol. The molecule has 2 heterocycles. The number of hydrogen-bond acceptors (Lipinski definition) is 6. The minimum absolute atomic E-state index is 0.0196. The van der Waals surface area contributed by atoms with Crippen LogP contribution in [0.25, 0.3) is 0 Å². The van der Waals surface area contributed by atoms with Crippen LogP contribution in [0.4, 0.5) is 5.69 Å². The van der Waals surface area contributed by atoms with Crippen LogP contribution in [0.15, 0.2) is 82.2 Å². The molecular weight excluding hydrogens is 418 g/mol. The highest BCUT2D eigenvalue weighted by Gasteiger charge is 2.24.